The van der Waals surface area contributed by atoms with Gasteiger partial charge in [-0.3, -0.25) is 14.9 Å². The molecule has 3 rings (SSSR count). The molecule has 0 spiro atoms. The summed E-state index contributed by atoms with van der Waals surface area (Å²) in [6.07, 6.45) is 4.62. The minimum atomic E-state index is -0.385. The number of halogens is 1. The van der Waals surface area contributed by atoms with E-state index in [9.17, 15) is 14.9 Å². The van der Waals surface area contributed by atoms with Crippen LogP contribution in [0.25, 0.3) is 0 Å². The SMILES string of the molecule is O=C(CC1CCN(c2ccc(Cl)cc2[N+](=O)[O-])CC1)N1CCCC1. The molecule has 130 valence electrons. The highest BCUT2D eigenvalue weighted by atomic mass is 35.5. The third-order valence-corrected chi connectivity index (χ3v) is 5.25. The van der Waals surface area contributed by atoms with E-state index in [0.717, 1.165) is 51.9 Å². The molecule has 1 aromatic carbocycles. The Balaban J connectivity index is 1.59. The summed E-state index contributed by atoms with van der Waals surface area (Å²) in [6.45, 7) is 3.27. The number of hydrogen-bond acceptors (Lipinski definition) is 4. The summed E-state index contributed by atoms with van der Waals surface area (Å²) in [5.41, 5.74) is 0.669. The molecule has 7 heteroatoms. The van der Waals surface area contributed by atoms with E-state index in [1.807, 2.05) is 9.80 Å². The summed E-state index contributed by atoms with van der Waals surface area (Å²) in [7, 11) is 0. The topological polar surface area (TPSA) is 66.7 Å². The zero-order chi connectivity index (χ0) is 17.1. The average Bonchev–Trinajstić information content (AvgIpc) is 3.10. The summed E-state index contributed by atoms with van der Waals surface area (Å²) in [5, 5.41) is 11.6. The van der Waals surface area contributed by atoms with E-state index in [1.54, 1.807) is 12.1 Å². The summed E-state index contributed by atoms with van der Waals surface area (Å²) in [6, 6.07) is 4.81. The molecule has 2 saturated heterocycles. The first kappa shape index (κ1) is 17.0. The molecular formula is C17H22ClN3O3. The molecule has 0 bridgehead atoms. The maximum absolute atomic E-state index is 12.3. The molecule has 0 aliphatic carbocycles. The van der Waals surface area contributed by atoms with Gasteiger partial charge in [-0.05, 0) is 43.7 Å². The predicted octanol–water partition coefficient (Wildman–Crippen LogP) is 3.48. The smallest absolute Gasteiger partial charge is 0.294 e. The number of piperidine rings is 1. The molecule has 0 unspecified atom stereocenters. The van der Waals surface area contributed by atoms with Crippen molar-refractivity contribution in [2.45, 2.75) is 32.1 Å². The number of likely N-dealkylation sites (tertiary alicyclic amines) is 1. The van der Waals surface area contributed by atoms with Crippen LogP contribution in [0.15, 0.2) is 18.2 Å². The highest BCUT2D eigenvalue weighted by molar-refractivity contribution is 6.30. The number of hydrogen-bond donors (Lipinski definition) is 0. The van der Waals surface area contributed by atoms with E-state index in [0.29, 0.717) is 23.0 Å². The predicted molar refractivity (Wildman–Crippen MR) is 93.5 cm³/mol. The second-order valence-corrected chi connectivity index (χ2v) is 7.05. The largest absolute Gasteiger partial charge is 0.366 e. The zero-order valence-corrected chi connectivity index (χ0v) is 14.4. The number of nitro benzene ring substituents is 1. The number of nitro groups is 1. The number of amides is 1. The molecule has 0 radical (unpaired) electrons. The van der Waals surface area contributed by atoms with Crippen LogP contribution in [0.4, 0.5) is 11.4 Å². The van der Waals surface area contributed by atoms with Crippen molar-refractivity contribution >= 4 is 28.9 Å². The van der Waals surface area contributed by atoms with Crippen LogP contribution in [0.5, 0.6) is 0 Å². The van der Waals surface area contributed by atoms with Gasteiger partial charge in [0, 0.05) is 43.7 Å². The molecular weight excluding hydrogens is 330 g/mol. The van der Waals surface area contributed by atoms with Crippen molar-refractivity contribution < 1.29 is 9.72 Å². The Kier molecular flexibility index (Phi) is 5.23. The second-order valence-electron chi connectivity index (χ2n) is 6.61. The minimum Gasteiger partial charge on any atom is -0.366 e. The monoisotopic (exact) mass is 351 g/mol. The fourth-order valence-electron chi connectivity index (χ4n) is 3.63. The number of nitrogens with zero attached hydrogens (tertiary/aromatic N) is 3. The third kappa shape index (κ3) is 3.80. The number of carbonyl (C=O) groups excluding carboxylic acids is 1. The van der Waals surface area contributed by atoms with Crippen molar-refractivity contribution in [1.29, 1.82) is 0 Å². The van der Waals surface area contributed by atoms with Gasteiger partial charge < -0.3 is 9.80 Å². The fourth-order valence-corrected chi connectivity index (χ4v) is 3.80. The van der Waals surface area contributed by atoms with E-state index in [1.165, 1.54) is 6.07 Å². The van der Waals surface area contributed by atoms with Crippen LogP contribution in [0.1, 0.15) is 32.1 Å². The summed E-state index contributed by atoms with van der Waals surface area (Å²) < 4.78 is 0. The molecule has 2 aliphatic rings. The van der Waals surface area contributed by atoms with E-state index in [-0.39, 0.29) is 16.5 Å². The molecule has 24 heavy (non-hydrogen) atoms. The molecule has 2 aliphatic heterocycles. The summed E-state index contributed by atoms with van der Waals surface area (Å²) in [5.74, 6) is 0.643. The van der Waals surface area contributed by atoms with Gasteiger partial charge in [0.15, 0.2) is 0 Å². The first-order valence-electron chi connectivity index (χ1n) is 8.51. The van der Waals surface area contributed by atoms with Crippen molar-refractivity contribution in [2.75, 3.05) is 31.1 Å². The van der Waals surface area contributed by atoms with Gasteiger partial charge >= 0.3 is 0 Å². The van der Waals surface area contributed by atoms with Crippen LogP contribution >= 0.6 is 11.6 Å². The van der Waals surface area contributed by atoms with Crippen LogP contribution < -0.4 is 4.90 Å². The van der Waals surface area contributed by atoms with Crippen LogP contribution in [-0.4, -0.2) is 41.9 Å². The van der Waals surface area contributed by atoms with Gasteiger partial charge in [0.2, 0.25) is 5.91 Å². The minimum absolute atomic E-state index is 0.0501. The molecule has 0 atom stereocenters. The molecule has 1 aromatic rings. The third-order valence-electron chi connectivity index (χ3n) is 5.01. The van der Waals surface area contributed by atoms with Crippen LogP contribution in [0, 0.1) is 16.0 Å². The maximum Gasteiger partial charge on any atom is 0.294 e. The van der Waals surface area contributed by atoms with Gasteiger partial charge in [0.05, 0.1) is 4.92 Å². The Morgan fingerprint density at radius 2 is 1.88 bits per heavy atom. The van der Waals surface area contributed by atoms with Crippen molar-refractivity contribution in [3.05, 3.63) is 33.3 Å². The molecule has 0 aromatic heterocycles. The highest BCUT2D eigenvalue weighted by Gasteiger charge is 2.28. The Hall–Kier alpha value is -1.82. The average molecular weight is 352 g/mol. The quantitative estimate of drug-likeness (QED) is 0.615. The number of carbonyl (C=O) groups is 1. The lowest BCUT2D eigenvalue weighted by Gasteiger charge is -2.33. The Labute approximate surface area is 146 Å². The normalized spacial score (nSPS) is 18.9. The summed E-state index contributed by atoms with van der Waals surface area (Å²) in [4.78, 5) is 27.1. The Bertz CT molecular complexity index is 624. The zero-order valence-electron chi connectivity index (χ0n) is 13.6. The Morgan fingerprint density at radius 1 is 1.21 bits per heavy atom. The van der Waals surface area contributed by atoms with Gasteiger partial charge in [0.1, 0.15) is 5.69 Å². The standard InChI is InChI=1S/C17H22ClN3O3/c18-14-3-4-15(16(12-14)21(23)24)19-9-5-13(6-10-19)11-17(22)20-7-1-2-8-20/h3-4,12-13H,1-2,5-11H2. The van der Waals surface area contributed by atoms with Crippen molar-refractivity contribution in [3.8, 4) is 0 Å². The Morgan fingerprint density at radius 3 is 2.50 bits per heavy atom. The van der Waals surface area contributed by atoms with E-state index in [2.05, 4.69) is 0 Å². The van der Waals surface area contributed by atoms with E-state index >= 15 is 0 Å². The summed E-state index contributed by atoms with van der Waals surface area (Å²) >= 11 is 5.88. The number of benzene rings is 1. The first-order valence-corrected chi connectivity index (χ1v) is 8.89. The lowest BCUT2D eigenvalue weighted by molar-refractivity contribution is -0.384. The molecule has 2 fully saturated rings. The lowest BCUT2D eigenvalue weighted by atomic mass is 9.92. The maximum atomic E-state index is 12.3. The second kappa shape index (κ2) is 7.38. The molecule has 6 nitrogen and oxygen atoms in total. The van der Waals surface area contributed by atoms with Crippen molar-refractivity contribution in [1.82, 2.24) is 4.90 Å². The molecule has 0 saturated carbocycles. The van der Waals surface area contributed by atoms with Crippen LogP contribution in [0.2, 0.25) is 5.02 Å². The van der Waals surface area contributed by atoms with Crippen molar-refractivity contribution in [3.63, 3.8) is 0 Å². The van der Waals surface area contributed by atoms with Gasteiger partial charge in [-0.15, -0.1) is 0 Å². The van der Waals surface area contributed by atoms with E-state index in [4.69, 9.17) is 11.6 Å². The molecule has 0 N–H and O–H groups in total. The van der Waals surface area contributed by atoms with E-state index < -0.39 is 0 Å². The molecule has 1 amide bonds. The molecule has 2 heterocycles. The van der Waals surface area contributed by atoms with Crippen LogP contribution in [-0.2, 0) is 4.79 Å². The van der Waals surface area contributed by atoms with Gasteiger partial charge in [-0.25, -0.2) is 0 Å². The lowest BCUT2D eigenvalue weighted by Crippen LogP contribution is -2.36. The number of rotatable bonds is 4. The van der Waals surface area contributed by atoms with Gasteiger partial charge in [-0.2, -0.15) is 0 Å². The fraction of sp³-hybridized carbons (Fsp3) is 0.588. The van der Waals surface area contributed by atoms with Crippen molar-refractivity contribution in [2.24, 2.45) is 5.92 Å². The van der Waals surface area contributed by atoms with Crippen LogP contribution in [0.3, 0.4) is 0 Å². The highest BCUT2D eigenvalue weighted by Crippen LogP contribution is 2.34. The van der Waals surface area contributed by atoms with Gasteiger partial charge in [-0.1, -0.05) is 11.6 Å². The number of anilines is 1. The first-order chi connectivity index (χ1) is 11.5. The van der Waals surface area contributed by atoms with Gasteiger partial charge in [0.25, 0.3) is 5.69 Å².